The zero-order valence-corrected chi connectivity index (χ0v) is 11.9. The first-order valence-corrected chi connectivity index (χ1v) is 6.71. The molecule has 2 N–H and O–H groups in total. The molecular weight excluding hydrogens is 248 g/mol. The average molecular weight is 269 g/mol. The second-order valence-electron chi connectivity index (χ2n) is 4.46. The van der Waals surface area contributed by atoms with Gasteiger partial charge in [0.05, 0.1) is 12.1 Å². The molecule has 2 atom stereocenters. The Morgan fingerprint density at radius 1 is 1.28 bits per heavy atom. The predicted molar refractivity (Wildman–Crippen MR) is 75.8 cm³/mol. The van der Waals surface area contributed by atoms with Crippen molar-refractivity contribution in [3.63, 3.8) is 0 Å². The van der Waals surface area contributed by atoms with Crippen molar-refractivity contribution < 1.29 is 4.79 Å². The standard InChI is InChI=1S/C14H21ClN2O/c1-4-9-16-11(3)14(18)17-10(2)12-5-7-13(15)8-6-12/h5-8,10-11,16H,4,9H2,1-3H3,(H,17,18). The second kappa shape index (κ2) is 7.39. The number of amides is 1. The first kappa shape index (κ1) is 15.0. The summed E-state index contributed by atoms with van der Waals surface area (Å²) in [5.74, 6) is 0.0194. The molecule has 1 rings (SSSR count). The Bertz CT molecular complexity index is 378. The van der Waals surface area contributed by atoms with Gasteiger partial charge < -0.3 is 10.6 Å². The van der Waals surface area contributed by atoms with Crippen LogP contribution in [0.15, 0.2) is 24.3 Å². The Labute approximate surface area is 114 Å². The van der Waals surface area contributed by atoms with Gasteiger partial charge in [-0.05, 0) is 44.5 Å². The molecule has 0 aliphatic heterocycles. The summed E-state index contributed by atoms with van der Waals surface area (Å²) in [6.45, 7) is 6.77. The zero-order chi connectivity index (χ0) is 13.5. The number of carbonyl (C=O) groups is 1. The Kier molecular flexibility index (Phi) is 6.16. The normalized spacial score (nSPS) is 14.0. The van der Waals surface area contributed by atoms with Gasteiger partial charge in [-0.15, -0.1) is 0 Å². The lowest BCUT2D eigenvalue weighted by Gasteiger charge is -2.18. The molecule has 0 fully saturated rings. The second-order valence-corrected chi connectivity index (χ2v) is 4.89. The van der Waals surface area contributed by atoms with Crippen LogP contribution in [-0.4, -0.2) is 18.5 Å². The highest BCUT2D eigenvalue weighted by Crippen LogP contribution is 2.15. The van der Waals surface area contributed by atoms with Crippen LogP contribution >= 0.6 is 11.6 Å². The number of hydrogen-bond donors (Lipinski definition) is 2. The van der Waals surface area contributed by atoms with Gasteiger partial charge in [0.2, 0.25) is 5.91 Å². The first-order valence-electron chi connectivity index (χ1n) is 6.33. The van der Waals surface area contributed by atoms with E-state index in [-0.39, 0.29) is 18.0 Å². The van der Waals surface area contributed by atoms with Crippen LogP contribution in [0.2, 0.25) is 5.02 Å². The van der Waals surface area contributed by atoms with E-state index >= 15 is 0 Å². The van der Waals surface area contributed by atoms with Crippen LogP contribution in [0.1, 0.15) is 38.8 Å². The largest absolute Gasteiger partial charge is 0.348 e. The number of nitrogens with one attached hydrogen (secondary N) is 2. The van der Waals surface area contributed by atoms with Crippen molar-refractivity contribution in [2.45, 2.75) is 39.3 Å². The molecule has 1 amide bonds. The molecule has 0 saturated carbocycles. The number of hydrogen-bond acceptors (Lipinski definition) is 2. The van der Waals surface area contributed by atoms with Crippen LogP contribution in [0.3, 0.4) is 0 Å². The average Bonchev–Trinajstić information content (AvgIpc) is 2.36. The van der Waals surface area contributed by atoms with Crippen molar-refractivity contribution >= 4 is 17.5 Å². The molecule has 18 heavy (non-hydrogen) atoms. The summed E-state index contributed by atoms with van der Waals surface area (Å²) in [6.07, 6.45) is 1.02. The highest BCUT2D eigenvalue weighted by molar-refractivity contribution is 6.30. The van der Waals surface area contributed by atoms with Crippen molar-refractivity contribution in [3.05, 3.63) is 34.9 Å². The molecule has 0 aliphatic carbocycles. The molecular formula is C14H21ClN2O. The smallest absolute Gasteiger partial charge is 0.237 e. The van der Waals surface area contributed by atoms with Crippen LogP contribution in [0.4, 0.5) is 0 Å². The van der Waals surface area contributed by atoms with Crippen LogP contribution in [-0.2, 0) is 4.79 Å². The molecule has 1 aromatic rings. The Morgan fingerprint density at radius 3 is 2.44 bits per heavy atom. The molecule has 1 aromatic carbocycles. The highest BCUT2D eigenvalue weighted by atomic mass is 35.5. The fourth-order valence-electron chi connectivity index (χ4n) is 1.63. The molecule has 0 radical (unpaired) electrons. The van der Waals surface area contributed by atoms with Gasteiger partial charge in [0.25, 0.3) is 0 Å². The lowest BCUT2D eigenvalue weighted by molar-refractivity contribution is -0.123. The topological polar surface area (TPSA) is 41.1 Å². The summed E-state index contributed by atoms with van der Waals surface area (Å²) in [5.41, 5.74) is 1.05. The summed E-state index contributed by atoms with van der Waals surface area (Å²) in [5, 5.41) is 6.85. The van der Waals surface area contributed by atoms with Crippen LogP contribution in [0.25, 0.3) is 0 Å². The van der Waals surface area contributed by atoms with Crippen molar-refractivity contribution in [2.75, 3.05) is 6.54 Å². The van der Waals surface area contributed by atoms with E-state index in [4.69, 9.17) is 11.6 Å². The maximum absolute atomic E-state index is 11.9. The molecule has 0 saturated heterocycles. The van der Waals surface area contributed by atoms with E-state index in [1.165, 1.54) is 0 Å². The quantitative estimate of drug-likeness (QED) is 0.833. The maximum Gasteiger partial charge on any atom is 0.237 e. The third-order valence-corrected chi connectivity index (χ3v) is 3.07. The summed E-state index contributed by atoms with van der Waals surface area (Å²) in [6, 6.07) is 7.34. The molecule has 0 bridgehead atoms. The van der Waals surface area contributed by atoms with Gasteiger partial charge >= 0.3 is 0 Å². The predicted octanol–water partition coefficient (Wildman–Crippen LogP) is 2.91. The van der Waals surface area contributed by atoms with E-state index in [1.807, 2.05) is 38.1 Å². The molecule has 0 aliphatic rings. The molecule has 0 spiro atoms. The summed E-state index contributed by atoms with van der Waals surface area (Å²) in [7, 11) is 0. The van der Waals surface area contributed by atoms with E-state index in [9.17, 15) is 4.79 Å². The minimum atomic E-state index is -0.167. The number of halogens is 1. The van der Waals surface area contributed by atoms with E-state index in [2.05, 4.69) is 17.6 Å². The third-order valence-electron chi connectivity index (χ3n) is 2.82. The van der Waals surface area contributed by atoms with Gasteiger partial charge in [-0.25, -0.2) is 0 Å². The van der Waals surface area contributed by atoms with Gasteiger partial charge in [-0.2, -0.15) is 0 Å². The van der Waals surface area contributed by atoms with Crippen LogP contribution < -0.4 is 10.6 Å². The van der Waals surface area contributed by atoms with Crippen molar-refractivity contribution in [3.8, 4) is 0 Å². The minimum Gasteiger partial charge on any atom is -0.348 e. The van der Waals surface area contributed by atoms with Crippen molar-refractivity contribution in [1.29, 1.82) is 0 Å². The van der Waals surface area contributed by atoms with Crippen molar-refractivity contribution in [2.24, 2.45) is 0 Å². The van der Waals surface area contributed by atoms with Crippen molar-refractivity contribution in [1.82, 2.24) is 10.6 Å². The highest BCUT2D eigenvalue weighted by Gasteiger charge is 2.15. The zero-order valence-electron chi connectivity index (χ0n) is 11.2. The number of benzene rings is 1. The Morgan fingerprint density at radius 2 is 1.89 bits per heavy atom. The maximum atomic E-state index is 11.9. The van der Waals surface area contributed by atoms with E-state index < -0.39 is 0 Å². The van der Waals surface area contributed by atoms with Gasteiger partial charge in [0, 0.05) is 5.02 Å². The lowest BCUT2D eigenvalue weighted by Crippen LogP contribution is -2.43. The molecule has 100 valence electrons. The summed E-state index contributed by atoms with van der Waals surface area (Å²) < 4.78 is 0. The SMILES string of the molecule is CCCNC(C)C(=O)NC(C)c1ccc(Cl)cc1. The minimum absolute atomic E-state index is 0.0133. The molecule has 0 heterocycles. The van der Waals surface area contributed by atoms with Gasteiger partial charge in [-0.1, -0.05) is 30.7 Å². The first-order chi connectivity index (χ1) is 8.54. The van der Waals surface area contributed by atoms with E-state index in [0.29, 0.717) is 5.02 Å². The third kappa shape index (κ3) is 4.67. The lowest BCUT2D eigenvalue weighted by atomic mass is 10.1. The summed E-state index contributed by atoms with van der Waals surface area (Å²) >= 11 is 5.83. The Balaban J connectivity index is 2.51. The number of rotatable bonds is 6. The monoisotopic (exact) mass is 268 g/mol. The number of carbonyl (C=O) groups excluding carboxylic acids is 1. The fraction of sp³-hybridized carbons (Fsp3) is 0.500. The van der Waals surface area contributed by atoms with E-state index in [0.717, 1.165) is 18.5 Å². The van der Waals surface area contributed by atoms with Crippen LogP contribution in [0.5, 0.6) is 0 Å². The Hall–Kier alpha value is -1.06. The summed E-state index contributed by atoms with van der Waals surface area (Å²) in [4.78, 5) is 11.9. The van der Waals surface area contributed by atoms with Gasteiger partial charge in [0.15, 0.2) is 0 Å². The molecule has 0 aromatic heterocycles. The molecule has 3 nitrogen and oxygen atoms in total. The molecule has 2 unspecified atom stereocenters. The van der Waals surface area contributed by atoms with E-state index in [1.54, 1.807) is 0 Å². The van der Waals surface area contributed by atoms with Gasteiger partial charge in [-0.3, -0.25) is 4.79 Å². The van der Waals surface area contributed by atoms with Gasteiger partial charge in [0.1, 0.15) is 0 Å². The van der Waals surface area contributed by atoms with Crippen LogP contribution in [0, 0.1) is 0 Å². The molecule has 4 heteroatoms. The fourth-order valence-corrected chi connectivity index (χ4v) is 1.75.